The third kappa shape index (κ3) is 2.42. The van der Waals surface area contributed by atoms with E-state index in [-0.39, 0.29) is 30.4 Å². The number of hydrogen-bond donors (Lipinski definition) is 0. The zero-order valence-electron chi connectivity index (χ0n) is 16.2. The fourth-order valence-corrected chi connectivity index (χ4v) is 5.12. The van der Waals surface area contributed by atoms with Crippen molar-refractivity contribution in [2.45, 2.75) is 51.0 Å². The Labute approximate surface area is 163 Å². The minimum absolute atomic E-state index is 0.00511. The smallest absolute Gasteiger partial charge is 0.244 e. The predicted octanol–water partition coefficient (Wildman–Crippen LogP) is 1.80. The van der Waals surface area contributed by atoms with Crippen LogP contribution in [0.3, 0.4) is 0 Å². The summed E-state index contributed by atoms with van der Waals surface area (Å²) in [7, 11) is 0. The highest BCUT2D eigenvalue weighted by atomic mass is 16.5. The highest BCUT2D eigenvalue weighted by Crippen LogP contribution is 2.51. The van der Waals surface area contributed by atoms with E-state index in [1.165, 1.54) is 0 Å². The lowest BCUT2D eigenvalue weighted by Gasteiger charge is -2.33. The number of likely N-dealkylation sites (tertiary alicyclic amines) is 1. The van der Waals surface area contributed by atoms with Crippen LogP contribution in [0, 0.1) is 13.8 Å². The molecule has 3 aliphatic rings. The first kappa shape index (κ1) is 17.4. The molecule has 5 rings (SSSR count). The number of benzene rings is 1. The Morgan fingerprint density at radius 3 is 2.79 bits per heavy atom. The lowest BCUT2D eigenvalue weighted by Crippen LogP contribution is -2.49. The second-order valence-electron chi connectivity index (χ2n) is 7.99. The maximum absolute atomic E-state index is 13.0. The highest BCUT2D eigenvalue weighted by molar-refractivity contribution is 5.85. The summed E-state index contributed by atoms with van der Waals surface area (Å²) in [5, 5.41) is 4.40. The lowest BCUT2D eigenvalue weighted by molar-refractivity contribution is -0.141. The number of carbonyl (C=O) groups is 2. The van der Waals surface area contributed by atoms with Gasteiger partial charge in [0.05, 0.1) is 30.8 Å². The summed E-state index contributed by atoms with van der Waals surface area (Å²) in [4.78, 5) is 29.7. The van der Waals surface area contributed by atoms with E-state index in [2.05, 4.69) is 5.10 Å². The molecule has 7 nitrogen and oxygen atoms in total. The quantitative estimate of drug-likeness (QED) is 0.814. The van der Waals surface area contributed by atoms with Gasteiger partial charge in [0.2, 0.25) is 11.8 Å². The first-order valence-corrected chi connectivity index (χ1v) is 9.81. The zero-order valence-corrected chi connectivity index (χ0v) is 16.2. The van der Waals surface area contributed by atoms with E-state index in [4.69, 9.17) is 4.74 Å². The molecule has 2 aromatic rings. The SMILES string of the molecule is Cc1cc(C)n(CC(=O)N2CC[C@@]34OC[C@@H](c5ccccc5)N3C(=O)C[C@@H]24)n1. The Bertz CT molecular complexity index is 940. The molecule has 0 N–H and O–H groups in total. The average Bonchev–Trinajstić information content (AvgIpc) is 3.37. The molecule has 3 aliphatic heterocycles. The second-order valence-corrected chi connectivity index (χ2v) is 7.99. The second kappa shape index (κ2) is 6.17. The van der Waals surface area contributed by atoms with E-state index in [0.717, 1.165) is 17.0 Å². The van der Waals surface area contributed by atoms with Crippen molar-refractivity contribution in [3.8, 4) is 0 Å². The first-order valence-electron chi connectivity index (χ1n) is 9.81. The van der Waals surface area contributed by atoms with Gasteiger partial charge in [-0.05, 0) is 25.5 Å². The molecule has 3 atom stereocenters. The Hall–Kier alpha value is -2.67. The number of carbonyl (C=O) groups excluding carboxylic acids is 2. The summed E-state index contributed by atoms with van der Waals surface area (Å²) < 4.78 is 8.01. The van der Waals surface area contributed by atoms with E-state index in [0.29, 0.717) is 26.0 Å². The van der Waals surface area contributed by atoms with Gasteiger partial charge >= 0.3 is 0 Å². The minimum Gasteiger partial charge on any atom is -0.351 e. The molecule has 146 valence electrons. The van der Waals surface area contributed by atoms with Gasteiger partial charge in [0, 0.05) is 18.7 Å². The summed E-state index contributed by atoms with van der Waals surface area (Å²) >= 11 is 0. The van der Waals surface area contributed by atoms with Crippen molar-refractivity contribution >= 4 is 11.8 Å². The van der Waals surface area contributed by atoms with Crippen molar-refractivity contribution in [2.24, 2.45) is 0 Å². The van der Waals surface area contributed by atoms with Gasteiger partial charge in [-0.3, -0.25) is 14.3 Å². The Morgan fingerprint density at radius 2 is 2.07 bits per heavy atom. The monoisotopic (exact) mass is 380 g/mol. The molecule has 0 bridgehead atoms. The first-order chi connectivity index (χ1) is 13.5. The summed E-state index contributed by atoms with van der Waals surface area (Å²) in [6.45, 7) is 5.15. The van der Waals surface area contributed by atoms with Crippen molar-refractivity contribution in [2.75, 3.05) is 13.2 Å². The van der Waals surface area contributed by atoms with Crippen LogP contribution in [0.5, 0.6) is 0 Å². The van der Waals surface area contributed by atoms with Crippen LogP contribution in [0.4, 0.5) is 0 Å². The largest absolute Gasteiger partial charge is 0.351 e. The van der Waals surface area contributed by atoms with Gasteiger partial charge < -0.3 is 14.5 Å². The lowest BCUT2D eigenvalue weighted by atomic mass is 10.0. The average molecular weight is 380 g/mol. The van der Waals surface area contributed by atoms with Crippen molar-refractivity contribution in [1.82, 2.24) is 19.6 Å². The van der Waals surface area contributed by atoms with Crippen molar-refractivity contribution in [3.05, 3.63) is 53.3 Å². The molecule has 1 spiro atoms. The van der Waals surface area contributed by atoms with Crippen LogP contribution >= 0.6 is 0 Å². The van der Waals surface area contributed by atoms with E-state index in [9.17, 15) is 9.59 Å². The van der Waals surface area contributed by atoms with Gasteiger partial charge in [-0.25, -0.2) is 0 Å². The van der Waals surface area contributed by atoms with E-state index >= 15 is 0 Å². The molecular formula is C21H24N4O3. The topological polar surface area (TPSA) is 67.7 Å². The zero-order chi connectivity index (χ0) is 19.5. The summed E-state index contributed by atoms with van der Waals surface area (Å²) in [5.74, 6) is 0.0643. The van der Waals surface area contributed by atoms with E-state index in [1.807, 2.05) is 60.0 Å². The van der Waals surface area contributed by atoms with Crippen LogP contribution in [-0.4, -0.2) is 56.3 Å². The maximum atomic E-state index is 13.0. The molecule has 0 radical (unpaired) electrons. The van der Waals surface area contributed by atoms with Gasteiger partial charge in [0.1, 0.15) is 6.54 Å². The van der Waals surface area contributed by atoms with Crippen LogP contribution in [0.1, 0.15) is 35.8 Å². The summed E-state index contributed by atoms with van der Waals surface area (Å²) in [6, 6.07) is 11.7. The Morgan fingerprint density at radius 1 is 1.29 bits per heavy atom. The number of hydrogen-bond acceptors (Lipinski definition) is 4. The van der Waals surface area contributed by atoms with Gasteiger partial charge in [-0.15, -0.1) is 0 Å². The molecule has 1 aromatic carbocycles. The van der Waals surface area contributed by atoms with E-state index in [1.54, 1.807) is 4.68 Å². The third-order valence-corrected chi connectivity index (χ3v) is 6.35. The molecule has 3 saturated heterocycles. The molecule has 3 fully saturated rings. The minimum atomic E-state index is -0.678. The molecular weight excluding hydrogens is 356 g/mol. The predicted molar refractivity (Wildman–Crippen MR) is 101 cm³/mol. The summed E-state index contributed by atoms with van der Waals surface area (Å²) in [5.41, 5.74) is 2.27. The van der Waals surface area contributed by atoms with Crippen LogP contribution in [0.2, 0.25) is 0 Å². The molecule has 0 saturated carbocycles. The van der Waals surface area contributed by atoms with Gasteiger partial charge in [-0.1, -0.05) is 30.3 Å². The van der Waals surface area contributed by atoms with Crippen molar-refractivity contribution in [3.63, 3.8) is 0 Å². The van der Waals surface area contributed by atoms with Gasteiger partial charge in [0.15, 0.2) is 5.72 Å². The van der Waals surface area contributed by atoms with Crippen molar-refractivity contribution < 1.29 is 14.3 Å². The number of amides is 2. The Kier molecular flexibility index (Phi) is 3.84. The van der Waals surface area contributed by atoms with Crippen molar-refractivity contribution in [1.29, 1.82) is 0 Å². The molecule has 4 heterocycles. The fraction of sp³-hybridized carbons (Fsp3) is 0.476. The molecule has 1 aromatic heterocycles. The van der Waals surface area contributed by atoms with Gasteiger partial charge in [0.25, 0.3) is 0 Å². The maximum Gasteiger partial charge on any atom is 0.244 e. The molecule has 7 heteroatoms. The molecule has 2 amide bonds. The summed E-state index contributed by atoms with van der Waals surface area (Å²) in [6.07, 6.45) is 0.988. The number of aryl methyl sites for hydroxylation is 2. The van der Waals surface area contributed by atoms with Crippen LogP contribution in [0.15, 0.2) is 36.4 Å². The molecule has 28 heavy (non-hydrogen) atoms. The molecule has 0 unspecified atom stereocenters. The molecule has 0 aliphatic carbocycles. The normalized spacial score (nSPS) is 28.7. The Balaban J connectivity index is 1.40. The highest BCUT2D eigenvalue weighted by Gasteiger charge is 2.65. The van der Waals surface area contributed by atoms with Crippen LogP contribution in [-0.2, 0) is 20.9 Å². The van der Waals surface area contributed by atoms with Gasteiger partial charge in [-0.2, -0.15) is 5.10 Å². The number of ether oxygens (including phenoxy) is 1. The number of nitrogens with zero attached hydrogens (tertiary/aromatic N) is 4. The van der Waals surface area contributed by atoms with E-state index < -0.39 is 5.72 Å². The fourth-order valence-electron chi connectivity index (χ4n) is 5.12. The number of rotatable bonds is 3. The van der Waals surface area contributed by atoms with Crippen LogP contribution in [0.25, 0.3) is 0 Å². The van der Waals surface area contributed by atoms with Crippen LogP contribution < -0.4 is 0 Å². The number of aromatic nitrogens is 2. The third-order valence-electron chi connectivity index (χ3n) is 6.35. The standard InChI is InChI=1S/C21H24N4O3/c1-14-10-15(2)24(22-14)12-20(27)23-9-8-21-18(23)11-19(26)25(21)17(13-28-21)16-6-4-3-5-7-16/h3-7,10,17-18H,8-9,11-13H2,1-2H3/t17-,18+,21-/m0/s1.